The summed E-state index contributed by atoms with van der Waals surface area (Å²) < 4.78 is 42.8. The minimum Gasteiger partial charge on any atom is -0.497 e. The molecule has 7 heteroatoms. The van der Waals surface area contributed by atoms with Crippen LogP contribution in [0.1, 0.15) is 34.7 Å². The van der Waals surface area contributed by atoms with E-state index >= 15 is 0 Å². The van der Waals surface area contributed by atoms with E-state index in [-0.39, 0.29) is 22.4 Å². The molecule has 0 saturated carbocycles. The quantitative estimate of drug-likeness (QED) is 0.217. The van der Waals surface area contributed by atoms with Gasteiger partial charge in [-0.3, -0.25) is 4.79 Å². The molecule has 0 aliphatic carbocycles. The molecule has 39 heavy (non-hydrogen) atoms. The Bertz CT molecular complexity index is 1600. The van der Waals surface area contributed by atoms with Crippen molar-refractivity contribution < 1.29 is 27.4 Å². The molecule has 0 aromatic heterocycles. The lowest BCUT2D eigenvalue weighted by Crippen LogP contribution is -2.03. The molecule has 0 aliphatic heterocycles. The number of carbonyl (C=O) groups excluding carboxylic acids is 1. The molecule has 0 spiro atoms. The van der Waals surface area contributed by atoms with Crippen LogP contribution >= 0.6 is 0 Å². The largest absolute Gasteiger partial charge is 0.497 e. The van der Waals surface area contributed by atoms with E-state index < -0.39 is 9.84 Å². The SMILES string of the molecule is COc1ccc(S(=O)(=O)c2ccc(Oc3c(C)cc(-c4cc(C)c(C)c(C)c4)cc3COC(C)=O)cc2)cc1. The summed E-state index contributed by atoms with van der Waals surface area (Å²) in [5, 5.41) is 0. The molecule has 0 amide bonds. The first kappa shape index (κ1) is 27.9. The predicted octanol–water partition coefficient (Wildman–Crippen LogP) is 7.28. The molecular weight excluding hydrogens is 512 g/mol. The van der Waals surface area contributed by atoms with Gasteiger partial charge in [-0.1, -0.05) is 12.1 Å². The summed E-state index contributed by atoms with van der Waals surface area (Å²) >= 11 is 0. The van der Waals surface area contributed by atoms with E-state index in [0.29, 0.717) is 22.8 Å². The molecule has 0 saturated heterocycles. The van der Waals surface area contributed by atoms with Crippen LogP contribution in [0.2, 0.25) is 0 Å². The third-order valence-electron chi connectivity index (χ3n) is 6.77. The maximum absolute atomic E-state index is 13.1. The van der Waals surface area contributed by atoms with Gasteiger partial charge in [-0.25, -0.2) is 8.42 Å². The van der Waals surface area contributed by atoms with Crippen molar-refractivity contribution in [2.45, 2.75) is 51.0 Å². The van der Waals surface area contributed by atoms with Crippen LogP contribution in [-0.2, 0) is 26.0 Å². The molecule has 0 aliphatic rings. The van der Waals surface area contributed by atoms with Crippen molar-refractivity contribution in [3.8, 4) is 28.4 Å². The minimum absolute atomic E-state index is 0.0487. The number of rotatable bonds is 8. The summed E-state index contributed by atoms with van der Waals surface area (Å²) in [4.78, 5) is 11.9. The third kappa shape index (κ3) is 6.15. The van der Waals surface area contributed by atoms with Crippen LogP contribution in [-0.4, -0.2) is 21.5 Å². The van der Waals surface area contributed by atoms with Crippen molar-refractivity contribution >= 4 is 15.8 Å². The average molecular weight is 545 g/mol. The van der Waals surface area contributed by atoms with Gasteiger partial charge >= 0.3 is 5.97 Å². The Morgan fingerprint density at radius 1 is 0.718 bits per heavy atom. The maximum atomic E-state index is 13.1. The van der Waals surface area contributed by atoms with Gasteiger partial charge in [0.1, 0.15) is 23.9 Å². The van der Waals surface area contributed by atoms with E-state index in [1.165, 1.54) is 55.0 Å². The van der Waals surface area contributed by atoms with Gasteiger partial charge in [0, 0.05) is 12.5 Å². The summed E-state index contributed by atoms with van der Waals surface area (Å²) in [7, 11) is -2.18. The lowest BCUT2D eigenvalue weighted by molar-refractivity contribution is -0.142. The zero-order valence-corrected chi connectivity index (χ0v) is 23.8. The third-order valence-corrected chi connectivity index (χ3v) is 8.55. The first-order valence-electron chi connectivity index (χ1n) is 12.5. The van der Waals surface area contributed by atoms with Crippen LogP contribution in [0.4, 0.5) is 0 Å². The molecule has 4 aromatic carbocycles. The lowest BCUT2D eigenvalue weighted by Gasteiger charge is -2.17. The summed E-state index contributed by atoms with van der Waals surface area (Å²) in [6.07, 6.45) is 0. The lowest BCUT2D eigenvalue weighted by atomic mass is 9.94. The second-order valence-electron chi connectivity index (χ2n) is 9.55. The monoisotopic (exact) mass is 544 g/mol. The van der Waals surface area contributed by atoms with Gasteiger partial charge in [0.05, 0.1) is 16.9 Å². The van der Waals surface area contributed by atoms with Crippen molar-refractivity contribution in [2.75, 3.05) is 7.11 Å². The van der Waals surface area contributed by atoms with Crippen molar-refractivity contribution in [3.05, 3.63) is 101 Å². The minimum atomic E-state index is -3.70. The maximum Gasteiger partial charge on any atom is 0.302 e. The Morgan fingerprint density at radius 2 is 1.21 bits per heavy atom. The van der Waals surface area contributed by atoms with Crippen LogP contribution in [0.15, 0.2) is 82.6 Å². The molecule has 4 rings (SSSR count). The number of benzene rings is 4. The number of methoxy groups -OCH3 is 1. The topological polar surface area (TPSA) is 78.9 Å². The molecule has 0 bridgehead atoms. The van der Waals surface area contributed by atoms with E-state index in [4.69, 9.17) is 14.2 Å². The number of carbonyl (C=O) groups is 1. The molecule has 0 fully saturated rings. The number of aryl methyl sites for hydroxylation is 3. The van der Waals surface area contributed by atoms with Gasteiger partial charge in [0.25, 0.3) is 0 Å². The highest BCUT2D eigenvalue weighted by molar-refractivity contribution is 7.91. The first-order valence-corrected chi connectivity index (χ1v) is 14.0. The van der Waals surface area contributed by atoms with Gasteiger partial charge < -0.3 is 14.2 Å². The van der Waals surface area contributed by atoms with Gasteiger partial charge in [0.2, 0.25) is 9.84 Å². The molecule has 6 nitrogen and oxygen atoms in total. The van der Waals surface area contributed by atoms with Crippen LogP contribution in [0.3, 0.4) is 0 Å². The molecule has 0 radical (unpaired) electrons. The van der Waals surface area contributed by atoms with E-state index in [9.17, 15) is 13.2 Å². The fraction of sp³-hybridized carbons (Fsp3) is 0.219. The van der Waals surface area contributed by atoms with E-state index in [1.807, 2.05) is 19.1 Å². The number of ether oxygens (including phenoxy) is 3. The standard InChI is InChI=1S/C32H32O6S/c1-20-15-25(16-21(2)23(20)4)26-17-22(3)32(27(18-26)19-37-24(5)33)38-29-9-13-31(14-10-29)39(34,35)30-11-7-28(36-6)8-12-30/h7-18H,19H2,1-6H3. The second-order valence-corrected chi connectivity index (χ2v) is 11.5. The number of sulfone groups is 1. The highest BCUT2D eigenvalue weighted by Crippen LogP contribution is 2.36. The van der Waals surface area contributed by atoms with E-state index in [1.54, 1.807) is 24.3 Å². The Kier molecular flexibility index (Phi) is 8.11. The van der Waals surface area contributed by atoms with Crippen LogP contribution in [0, 0.1) is 27.7 Å². The zero-order chi connectivity index (χ0) is 28.3. The molecule has 0 unspecified atom stereocenters. The van der Waals surface area contributed by atoms with Gasteiger partial charge in [0.15, 0.2) is 0 Å². The predicted molar refractivity (Wildman–Crippen MR) is 151 cm³/mol. The van der Waals surface area contributed by atoms with E-state index in [2.05, 4.69) is 32.9 Å². The molecule has 0 heterocycles. The zero-order valence-electron chi connectivity index (χ0n) is 23.0. The number of esters is 1. The van der Waals surface area contributed by atoms with Crippen LogP contribution < -0.4 is 9.47 Å². The Labute approximate surface area is 230 Å². The van der Waals surface area contributed by atoms with Crippen LogP contribution in [0.5, 0.6) is 17.2 Å². The summed E-state index contributed by atoms with van der Waals surface area (Å²) in [6.45, 7) is 9.64. The van der Waals surface area contributed by atoms with Crippen molar-refractivity contribution in [2.24, 2.45) is 0 Å². The smallest absolute Gasteiger partial charge is 0.302 e. The van der Waals surface area contributed by atoms with Gasteiger partial charge in [-0.2, -0.15) is 0 Å². The summed E-state index contributed by atoms with van der Waals surface area (Å²) in [5.41, 5.74) is 7.31. The fourth-order valence-electron chi connectivity index (χ4n) is 4.34. The number of hydrogen-bond acceptors (Lipinski definition) is 6. The highest BCUT2D eigenvalue weighted by Gasteiger charge is 2.19. The average Bonchev–Trinajstić information content (AvgIpc) is 2.91. The molecular formula is C32H32O6S. The first-order chi connectivity index (χ1) is 18.5. The highest BCUT2D eigenvalue weighted by atomic mass is 32.2. The Balaban J connectivity index is 1.67. The van der Waals surface area contributed by atoms with Crippen molar-refractivity contribution in [3.63, 3.8) is 0 Å². The van der Waals surface area contributed by atoms with Gasteiger partial charge in [-0.05, 0) is 122 Å². The van der Waals surface area contributed by atoms with Crippen LogP contribution in [0.25, 0.3) is 11.1 Å². The molecule has 4 aromatic rings. The summed E-state index contributed by atoms with van der Waals surface area (Å²) in [5.74, 6) is 1.22. The van der Waals surface area contributed by atoms with Crippen molar-refractivity contribution in [1.82, 2.24) is 0 Å². The normalized spacial score (nSPS) is 11.2. The van der Waals surface area contributed by atoms with Gasteiger partial charge in [-0.15, -0.1) is 0 Å². The Hall–Kier alpha value is -4.10. The summed E-state index contributed by atoms with van der Waals surface area (Å²) in [6, 6.07) is 20.8. The molecule has 0 N–H and O–H groups in total. The number of hydrogen-bond donors (Lipinski definition) is 0. The Morgan fingerprint density at radius 3 is 1.72 bits per heavy atom. The van der Waals surface area contributed by atoms with E-state index in [0.717, 1.165) is 16.7 Å². The molecule has 202 valence electrons. The second kappa shape index (κ2) is 11.3. The molecule has 0 atom stereocenters. The fourth-order valence-corrected chi connectivity index (χ4v) is 5.61. The van der Waals surface area contributed by atoms with Crippen molar-refractivity contribution in [1.29, 1.82) is 0 Å².